The number of aromatic amines is 1. The highest BCUT2D eigenvalue weighted by Gasteiger charge is 2.42. The molecule has 10 amide bonds. The van der Waals surface area contributed by atoms with Crippen LogP contribution in [0, 0.1) is 0 Å². The highest BCUT2D eigenvalue weighted by atomic mass is 16.4. The van der Waals surface area contributed by atoms with E-state index >= 15 is 0 Å². The van der Waals surface area contributed by atoms with E-state index in [1.54, 1.807) is 30.5 Å². The minimum absolute atomic E-state index is 0.0520. The number of nitrogens with zero attached hydrogens (tertiary/aromatic N) is 1. The van der Waals surface area contributed by atoms with Crippen molar-refractivity contribution < 1.29 is 93.0 Å². The van der Waals surface area contributed by atoms with Crippen LogP contribution < -0.4 is 54.4 Å². The van der Waals surface area contributed by atoms with E-state index in [0.29, 0.717) is 16.5 Å². The first-order valence-electron chi connectivity index (χ1n) is 24.1. The number of hydrogen-bond acceptors (Lipinski definition) is 17. The molecule has 2 aromatic rings. The molecule has 1 aromatic carbocycles. The van der Waals surface area contributed by atoms with Crippen molar-refractivity contribution in [2.24, 2.45) is 17.2 Å². The maximum Gasteiger partial charge on any atom is 0.328 e. The van der Waals surface area contributed by atoms with Gasteiger partial charge in [0.1, 0.15) is 42.3 Å². The Bertz CT molecular complexity index is 2520. The summed E-state index contributed by atoms with van der Waals surface area (Å²) in [6.07, 6.45) is -6.17. The molecule has 2 heterocycles. The van der Waals surface area contributed by atoms with Crippen LogP contribution in [0.2, 0.25) is 0 Å². The van der Waals surface area contributed by atoms with Gasteiger partial charge in [0.05, 0.1) is 31.3 Å². The molecule has 31 heteroatoms. The van der Waals surface area contributed by atoms with Gasteiger partial charge in [0.25, 0.3) is 0 Å². The van der Waals surface area contributed by atoms with E-state index in [-0.39, 0.29) is 38.6 Å². The summed E-state index contributed by atoms with van der Waals surface area (Å²) < 4.78 is 0. The third-order valence-electron chi connectivity index (χ3n) is 12.1. The minimum Gasteiger partial charge on any atom is -0.481 e. The van der Waals surface area contributed by atoms with Crippen LogP contribution >= 0.6 is 0 Å². The highest BCUT2D eigenvalue weighted by Crippen LogP contribution is 2.22. The fourth-order valence-electron chi connectivity index (χ4n) is 7.98. The monoisotopic (exact) mass is 1090 g/mol. The average Bonchev–Trinajstić information content (AvgIpc) is 4.02. The molecule has 31 nitrogen and oxygen atoms in total. The first-order valence-corrected chi connectivity index (χ1v) is 24.1. The number of H-pyrrole nitrogens is 1. The zero-order chi connectivity index (χ0) is 57.8. The van der Waals surface area contributed by atoms with Gasteiger partial charge < -0.3 is 94.9 Å². The molecule has 11 atom stereocenters. The SMILES string of the molecule is C[C@@H](O)[C@H](NC(=O)[C@H](Cc1c[nH]c2ccccc12)NC(=O)[C@@H]1CCCN1C(=O)[C@H](CC(=O)O)NC(=O)[C@H](CCC(=O)O)NC(=O)[C@@H](NC(=O)[C@H](CO)NC(=O)[C@H](CCC(N)=O)NC(=O)[C@@H](N)CCC(N)=O)[C@@H](C)O)C(=O)O. The van der Waals surface area contributed by atoms with Crippen molar-refractivity contribution in [1.82, 2.24) is 47.1 Å². The molecule has 0 bridgehead atoms. The smallest absolute Gasteiger partial charge is 0.328 e. The summed E-state index contributed by atoms with van der Waals surface area (Å²) in [5.41, 5.74) is 17.2. The maximum absolute atomic E-state index is 14.2. The van der Waals surface area contributed by atoms with Crippen LogP contribution in [0.15, 0.2) is 30.5 Å². The minimum atomic E-state index is -2.05. The summed E-state index contributed by atoms with van der Waals surface area (Å²) in [5.74, 6) is -15.8. The lowest BCUT2D eigenvalue weighted by Crippen LogP contribution is -2.62. The van der Waals surface area contributed by atoms with Crippen molar-refractivity contribution in [3.63, 3.8) is 0 Å². The third-order valence-corrected chi connectivity index (χ3v) is 12.1. The number of amides is 10. The lowest BCUT2D eigenvalue weighted by Gasteiger charge is -2.31. The summed E-state index contributed by atoms with van der Waals surface area (Å²) in [7, 11) is 0. The van der Waals surface area contributed by atoms with Gasteiger partial charge in [-0.2, -0.15) is 0 Å². The average molecular weight is 1090 g/mol. The Morgan fingerprint density at radius 3 is 1.71 bits per heavy atom. The summed E-state index contributed by atoms with van der Waals surface area (Å²) in [4.78, 5) is 171. The number of rotatable bonds is 32. The van der Waals surface area contributed by atoms with Crippen LogP contribution in [0.25, 0.3) is 10.9 Å². The standard InChI is InChI=1S/C46H66N12O19/c1-20(60)36(56-42(72)30(19-59)55-40(70)26(10-13-33(49)63)51-38(68)24(47)9-12-32(48)62)44(74)52-27(11-14-34(64)65)39(69)54-29(17-35(66)67)45(75)58-15-5-8-31(58)43(73)53-28(41(71)57-37(21(2)61)46(76)77)16-22-18-50-25-7-4-3-6-23(22)25/h3-4,6-7,18,20-21,24,26-31,36-37,50,59-61H,5,8-17,19,47H2,1-2H3,(H2,48,62)(H2,49,63)(H,51,68)(H,52,74)(H,53,73)(H,54,69)(H,55,70)(H,56,72)(H,57,71)(H,64,65)(H,66,67)(H,76,77)/t20-,21-,24+,26+,27+,28+,29+,30+,31+,36+,37+/m1/s1. The quantitative estimate of drug-likeness (QED) is 0.0324. The number of carboxylic acid groups (broad SMARTS) is 3. The molecule has 0 saturated carbocycles. The van der Waals surface area contributed by atoms with Crippen molar-refractivity contribution in [3.05, 3.63) is 36.0 Å². The number of aliphatic hydroxyl groups is 3. The molecule has 1 aliphatic rings. The number of hydrogen-bond donors (Lipinski definition) is 17. The van der Waals surface area contributed by atoms with Crippen molar-refractivity contribution in [1.29, 1.82) is 0 Å². The molecule has 1 aliphatic heterocycles. The van der Waals surface area contributed by atoms with E-state index in [2.05, 4.69) is 42.2 Å². The van der Waals surface area contributed by atoms with Gasteiger partial charge in [0, 0.05) is 49.3 Å². The van der Waals surface area contributed by atoms with Gasteiger partial charge in [-0.25, -0.2) is 4.79 Å². The number of carbonyl (C=O) groups is 13. The Hall–Kier alpha value is -8.29. The summed E-state index contributed by atoms with van der Waals surface area (Å²) in [6, 6.07) is -8.74. The number of nitrogens with one attached hydrogen (secondary N) is 8. The molecular formula is C46H66N12O19. The fourth-order valence-corrected chi connectivity index (χ4v) is 7.98. The number of primary amides is 2. The molecule has 1 saturated heterocycles. The number of aromatic nitrogens is 1. The van der Waals surface area contributed by atoms with Crippen LogP contribution in [0.5, 0.6) is 0 Å². The second kappa shape index (κ2) is 29.7. The second-order valence-corrected chi connectivity index (χ2v) is 18.2. The van der Waals surface area contributed by atoms with Crippen molar-refractivity contribution >= 4 is 87.9 Å². The predicted molar refractivity (Wildman–Crippen MR) is 262 cm³/mol. The lowest BCUT2D eigenvalue weighted by atomic mass is 10.0. The largest absolute Gasteiger partial charge is 0.481 e. The van der Waals surface area contributed by atoms with Crippen LogP contribution in [-0.2, 0) is 68.7 Å². The Balaban J connectivity index is 1.84. The fraction of sp³-hybridized carbons (Fsp3) is 0.543. The maximum atomic E-state index is 14.2. The molecule has 0 radical (unpaired) electrons. The molecule has 1 aromatic heterocycles. The Morgan fingerprint density at radius 1 is 0.636 bits per heavy atom. The topological polar surface area (TPSA) is 525 Å². The van der Waals surface area contributed by atoms with Crippen molar-refractivity contribution in [3.8, 4) is 0 Å². The lowest BCUT2D eigenvalue weighted by molar-refractivity contribution is -0.146. The Morgan fingerprint density at radius 2 is 1.16 bits per heavy atom. The van der Waals surface area contributed by atoms with E-state index in [1.807, 2.05) is 0 Å². The number of benzene rings is 1. The van der Waals surface area contributed by atoms with Gasteiger partial charge in [0.2, 0.25) is 59.1 Å². The van der Waals surface area contributed by atoms with Gasteiger partial charge in [-0.05, 0) is 57.6 Å². The molecule has 3 rings (SSSR count). The first kappa shape index (κ1) is 63.0. The van der Waals surface area contributed by atoms with Crippen LogP contribution in [0.1, 0.15) is 77.2 Å². The molecule has 0 aliphatic carbocycles. The van der Waals surface area contributed by atoms with Gasteiger partial charge in [0.15, 0.2) is 6.04 Å². The number of carbonyl (C=O) groups excluding carboxylic acids is 10. The van der Waals surface area contributed by atoms with E-state index < -0.39 is 182 Å². The van der Waals surface area contributed by atoms with Gasteiger partial charge in [-0.1, -0.05) is 18.2 Å². The van der Waals surface area contributed by atoms with Crippen LogP contribution in [0.4, 0.5) is 0 Å². The second-order valence-electron chi connectivity index (χ2n) is 18.2. The zero-order valence-electron chi connectivity index (χ0n) is 41.9. The van der Waals surface area contributed by atoms with Crippen molar-refractivity contribution in [2.75, 3.05) is 13.2 Å². The molecule has 424 valence electrons. The summed E-state index contributed by atoms with van der Waals surface area (Å²) in [5, 5.41) is 75.8. The summed E-state index contributed by atoms with van der Waals surface area (Å²) >= 11 is 0. The van der Waals surface area contributed by atoms with E-state index in [4.69, 9.17) is 17.2 Å². The van der Waals surface area contributed by atoms with Gasteiger partial charge in [-0.15, -0.1) is 0 Å². The third kappa shape index (κ3) is 19.4. The number of nitrogens with two attached hydrogens (primary N) is 3. The number of carboxylic acids is 3. The molecule has 0 spiro atoms. The number of para-hydroxylation sites is 1. The van der Waals surface area contributed by atoms with Gasteiger partial charge in [-0.3, -0.25) is 57.5 Å². The van der Waals surface area contributed by atoms with Crippen LogP contribution in [-0.4, -0.2) is 197 Å². The highest BCUT2D eigenvalue weighted by molar-refractivity contribution is 5.99. The van der Waals surface area contributed by atoms with E-state index in [1.165, 1.54) is 0 Å². The molecule has 0 unspecified atom stereocenters. The van der Waals surface area contributed by atoms with E-state index in [9.17, 15) is 93.0 Å². The number of fused-ring (bicyclic) bond motifs is 1. The van der Waals surface area contributed by atoms with Gasteiger partial charge >= 0.3 is 17.9 Å². The molecule has 77 heavy (non-hydrogen) atoms. The molecular weight excluding hydrogens is 1020 g/mol. The normalized spacial score (nSPS) is 17.0. The van der Waals surface area contributed by atoms with Crippen LogP contribution in [0.3, 0.4) is 0 Å². The zero-order valence-corrected chi connectivity index (χ0v) is 41.9. The molecule has 20 N–H and O–H groups in total. The number of aliphatic hydroxyl groups excluding tert-OH is 3. The number of aliphatic carboxylic acids is 3. The van der Waals surface area contributed by atoms with Crippen molar-refractivity contribution in [2.45, 2.75) is 145 Å². The Labute approximate surface area is 438 Å². The first-order chi connectivity index (χ1) is 36.1. The molecule has 1 fully saturated rings. The predicted octanol–water partition coefficient (Wildman–Crippen LogP) is -6.87. The Kier molecular flexibility index (Phi) is 24.3. The van der Waals surface area contributed by atoms with E-state index in [0.717, 1.165) is 18.7 Å². The number of likely N-dealkylation sites (tertiary alicyclic amines) is 1. The summed E-state index contributed by atoms with van der Waals surface area (Å²) in [6.45, 7) is 0.740.